The van der Waals surface area contributed by atoms with Gasteiger partial charge in [0.15, 0.2) is 11.9 Å². The minimum atomic E-state index is -0.965. The zero-order valence-corrected chi connectivity index (χ0v) is 12.1. The molecule has 3 heterocycles. The van der Waals surface area contributed by atoms with Crippen LogP contribution in [-0.2, 0) is 4.74 Å². The molecule has 4 atom stereocenters. The van der Waals surface area contributed by atoms with Gasteiger partial charge in [-0.25, -0.2) is 0 Å². The molecule has 0 aliphatic carbocycles. The van der Waals surface area contributed by atoms with Crippen molar-refractivity contribution in [2.24, 2.45) is 0 Å². The van der Waals surface area contributed by atoms with Crippen LogP contribution in [0.2, 0.25) is 0 Å². The lowest BCUT2D eigenvalue weighted by molar-refractivity contribution is -0.0438. The number of nitrogens with two attached hydrogens (primary N) is 1. The number of nitrogen functional groups attached to an aromatic ring is 1. The average Bonchev–Trinajstić information content (AvgIpc) is 2.91. The predicted molar refractivity (Wildman–Crippen MR) is 79.2 cm³/mol. The van der Waals surface area contributed by atoms with Crippen molar-refractivity contribution in [3.8, 4) is 0 Å². The highest BCUT2D eigenvalue weighted by atomic mass is 32.1. The monoisotopic (exact) mass is 312 g/mol. The second-order valence-corrected chi connectivity index (χ2v) is 6.26. The van der Waals surface area contributed by atoms with Gasteiger partial charge in [-0.05, 0) is 13.0 Å². The number of thiol groups is 1. The minimum Gasteiger partial charge on any atom is -0.394 e. The number of hydrogen-bond acceptors (Lipinski definition) is 7. The van der Waals surface area contributed by atoms with Crippen LogP contribution in [0.25, 0.3) is 11.0 Å². The Labute approximate surface area is 125 Å². The molecule has 0 aromatic carbocycles. The molecule has 1 aliphatic rings. The molecule has 114 valence electrons. The van der Waals surface area contributed by atoms with Gasteiger partial charge in [-0.2, -0.15) is 17.6 Å². The number of fused-ring (bicyclic) bond motifs is 1. The predicted octanol–water partition coefficient (Wildman–Crippen LogP) is -0.754. The Kier molecular flexibility index (Phi) is 3.24. The normalized spacial score (nSPS) is 32.9. The Hall–Kier alpha value is -1.55. The van der Waals surface area contributed by atoms with Crippen molar-refractivity contribution in [2.45, 2.75) is 30.1 Å². The third-order valence-corrected chi connectivity index (χ3v) is 4.27. The van der Waals surface area contributed by atoms with E-state index in [2.05, 4.69) is 22.6 Å². The fourth-order valence-electron chi connectivity index (χ4n) is 2.64. The molecule has 21 heavy (non-hydrogen) atoms. The summed E-state index contributed by atoms with van der Waals surface area (Å²) in [6, 6.07) is 1.59. The summed E-state index contributed by atoms with van der Waals surface area (Å²) in [5.74, 6) is -0.00873. The first-order valence-electron chi connectivity index (χ1n) is 6.39. The molecular formula is C12H16N4O4S. The standard InChI is InChI=1S/C12H16N4O4S/c1-12(21)7(18)6(4-17)20-10(12)16-3-2-5-8(16)14-11(13)15-9(5)19/h2-3,6-7,10,17-18,21H,4H2,1H3,(H3,13,14,15,19)/t6-,7-,10-,12-/m1/s1. The molecule has 3 rings (SSSR count). The van der Waals surface area contributed by atoms with E-state index in [1.165, 1.54) is 0 Å². The van der Waals surface area contributed by atoms with Crippen LogP contribution < -0.4 is 11.3 Å². The van der Waals surface area contributed by atoms with Crippen molar-refractivity contribution in [1.82, 2.24) is 14.5 Å². The van der Waals surface area contributed by atoms with Gasteiger partial charge in [0.1, 0.15) is 12.2 Å². The molecule has 2 aromatic rings. The molecule has 2 aromatic heterocycles. The maximum absolute atomic E-state index is 11.8. The van der Waals surface area contributed by atoms with E-state index in [0.29, 0.717) is 11.0 Å². The van der Waals surface area contributed by atoms with Crippen LogP contribution in [0.5, 0.6) is 0 Å². The van der Waals surface area contributed by atoms with E-state index in [9.17, 15) is 15.0 Å². The maximum atomic E-state index is 11.8. The molecule has 0 radical (unpaired) electrons. The minimum absolute atomic E-state index is 0.00873. The second-order valence-electron chi connectivity index (χ2n) is 5.29. The van der Waals surface area contributed by atoms with Crippen LogP contribution >= 0.6 is 12.6 Å². The largest absolute Gasteiger partial charge is 0.394 e. The van der Waals surface area contributed by atoms with E-state index in [4.69, 9.17) is 10.5 Å². The second kappa shape index (κ2) is 4.73. The molecule has 0 spiro atoms. The van der Waals surface area contributed by atoms with Gasteiger partial charge in [0.05, 0.1) is 16.7 Å². The molecule has 0 saturated carbocycles. The van der Waals surface area contributed by atoms with E-state index >= 15 is 0 Å². The Morgan fingerprint density at radius 1 is 1.67 bits per heavy atom. The molecule has 9 heteroatoms. The third-order valence-electron chi connectivity index (χ3n) is 3.79. The zero-order valence-electron chi connectivity index (χ0n) is 11.2. The van der Waals surface area contributed by atoms with Crippen molar-refractivity contribution in [1.29, 1.82) is 0 Å². The van der Waals surface area contributed by atoms with Crippen LogP contribution in [0.4, 0.5) is 5.95 Å². The van der Waals surface area contributed by atoms with Crippen LogP contribution in [0.3, 0.4) is 0 Å². The number of aromatic amines is 1. The molecule has 8 nitrogen and oxygen atoms in total. The third kappa shape index (κ3) is 2.04. The van der Waals surface area contributed by atoms with Crippen LogP contribution in [-0.4, -0.2) is 48.3 Å². The molecule has 1 saturated heterocycles. The number of aliphatic hydroxyl groups is 2. The van der Waals surface area contributed by atoms with Gasteiger partial charge in [0.25, 0.3) is 5.56 Å². The van der Waals surface area contributed by atoms with Gasteiger partial charge < -0.3 is 25.3 Å². The number of aromatic nitrogens is 3. The summed E-state index contributed by atoms with van der Waals surface area (Å²) >= 11 is 4.46. The zero-order chi connectivity index (χ0) is 15.4. The van der Waals surface area contributed by atoms with Crippen LogP contribution in [0.1, 0.15) is 13.2 Å². The first kappa shape index (κ1) is 14.4. The van der Waals surface area contributed by atoms with Crippen molar-refractivity contribution in [3.63, 3.8) is 0 Å². The topological polar surface area (TPSA) is 126 Å². The van der Waals surface area contributed by atoms with E-state index < -0.39 is 23.2 Å². The summed E-state index contributed by atoms with van der Waals surface area (Å²) < 4.78 is 6.29. The van der Waals surface area contributed by atoms with E-state index in [1.807, 2.05) is 0 Å². The SMILES string of the molecule is C[C@@]1(S)[C@H](O)[C@@H](CO)O[C@H]1n1ccc2c(=O)[nH]c(N)nc21. The fraction of sp³-hybridized carbons (Fsp3) is 0.500. The van der Waals surface area contributed by atoms with Crippen LogP contribution in [0, 0.1) is 0 Å². The van der Waals surface area contributed by atoms with Gasteiger partial charge in [0.2, 0.25) is 5.95 Å². The van der Waals surface area contributed by atoms with Crippen molar-refractivity contribution < 1.29 is 14.9 Å². The molecule has 1 aliphatic heterocycles. The van der Waals surface area contributed by atoms with E-state index in [0.717, 1.165) is 0 Å². The maximum Gasteiger partial charge on any atom is 0.261 e. The molecule has 0 bridgehead atoms. The summed E-state index contributed by atoms with van der Waals surface area (Å²) in [6.45, 7) is 1.37. The number of ether oxygens (including phenoxy) is 1. The lowest BCUT2D eigenvalue weighted by Gasteiger charge is -2.28. The number of nitrogens with zero attached hydrogens (tertiary/aromatic N) is 2. The molecule has 0 amide bonds. The van der Waals surface area contributed by atoms with Crippen molar-refractivity contribution >= 4 is 29.6 Å². The molecule has 1 fully saturated rings. The summed E-state index contributed by atoms with van der Waals surface area (Å²) in [6.07, 6.45) is -0.793. The van der Waals surface area contributed by atoms with Gasteiger partial charge in [-0.1, -0.05) is 0 Å². The Morgan fingerprint density at radius 3 is 3.00 bits per heavy atom. The van der Waals surface area contributed by atoms with E-state index in [1.54, 1.807) is 23.8 Å². The Balaban J connectivity index is 2.15. The highest BCUT2D eigenvalue weighted by Crippen LogP contribution is 2.43. The first-order chi connectivity index (χ1) is 9.86. The highest BCUT2D eigenvalue weighted by molar-refractivity contribution is 7.81. The Morgan fingerprint density at radius 2 is 2.38 bits per heavy atom. The number of aliphatic hydroxyl groups excluding tert-OH is 2. The smallest absolute Gasteiger partial charge is 0.261 e. The number of hydrogen-bond donors (Lipinski definition) is 5. The fourth-order valence-corrected chi connectivity index (χ4v) is 2.99. The molecule has 0 unspecified atom stereocenters. The molecule has 5 N–H and O–H groups in total. The van der Waals surface area contributed by atoms with Gasteiger partial charge in [0, 0.05) is 6.20 Å². The van der Waals surface area contributed by atoms with Gasteiger partial charge >= 0.3 is 0 Å². The van der Waals surface area contributed by atoms with Crippen molar-refractivity contribution in [3.05, 3.63) is 22.6 Å². The van der Waals surface area contributed by atoms with E-state index in [-0.39, 0.29) is 18.1 Å². The lowest BCUT2D eigenvalue weighted by atomic mass is 10.0. The summed E-state index contributed by atoms with van der Waals surface area (Å²) in [5, 5.41) is 19.8. The number of anilines is 1. The van der Waals surface area contributed by atoms with Crippen LogP contribution in [0.15, 0.2) is 17.1 Å². The summed E-state index contributed by atoms with van der Waals surface area (Å²) in [4.78, 5) is 18.4. The summed E-state index contributed by atoms with van der Waals surface area (Å²) in [7, 11) is 0. The number of nitrogens with one attached hydrogen (secondary N) is 1. The molecular weight excluding hydrogens is 296 g/mol. The quantitative estimate of drug-likeness (QED) is 0.464. The highest BCUT2D eigenvalue weighted by Gasteiger charge is 2.51. The Bertz CT molecular complexity index is 740. The summed E-state index contributed by atoms with van der Waals surface area (Å²) in [5.41, 5.74) is 5.56. The number of rotatable bonds is 2. The lowest BCUT2D eigenvalue weighted by Crippen LogP contribution is -2.39. The van der Waals surface area contributed by atoms with Crippen molar-refractivity contribution in [2.75, 3.05) is 12.3 Å². The van der Waals surface area contributed by atoms with Gasteiger partial charge in [-0.3, -0.25) is 9.78 Å². The first-order valence-corrected chi connectivity index (χ1v) is 6.84. The van der Waals surface area contributed by atoms with Gasteiger partial charge in [-0.15, -0.1) is 0 Å². The number of H-pyrrole nitrogens is 1. The average molecular weight is 312 g/mol.